The van der Waals surface area contributed by atoms with E-state index in [0.29, 0.717) is 0 Å². The first kappa shape index (κ1) is 16.5. The number of fused-ring (bicyclic) bond motifs is 1. The standard InChI is InChI=1S/C19H21ClN4O/c1-14-11-16(22-25-14)13-24-9-7-23(8-10-24)12-15-4-5-18(20)17-3-2-6-21-19(15)17/h2-6,11H,7-10,12-13H2,1H3. The van der Waals surface area contributed by atoms with Gasteiger partial charge in [-0.1, -0.05) is 22.8 Å². The Morgan fingerprint density at radius 2 is 1.84 bits per heavy atom. The molecule has 0 spiro atoms. The molecule has 0 radical (unpaired) electrons. The Kier molecular flexibility index (Phi) is 4.70. The zero-order chi connectivity index (χ0) is 17.2. The van der Waals surface area contributed by atoms with E-state index < -0.39 is 0 Å². The van der Waals surface area contributed by atoms with Gasteiger partial charge in [-0.25, -0.2) is 0 Å². The van der Waals surface area contributed by atoms with Gasteiger partial charge in [0.15, 0.2) is 0 Å². The Labute approximate surface area is 152 Å². The lowest BCUT2D eigenvalue weighted by Crippen LogP contribution is -2.45. The second-order valence-electron chi connectivity index (χ2n) is 6.59. The lowest BCUT2D eigenvalue weighted by molar-refractivity contribution is 0.120. The summed E-state index contributed by atoms with van der Waals surface area (Å²) >= 11 is 6.30. The number of rotatable bonds is 4. The third kappa shape index (κ3) is 3.68. The number of pyridine rings is 1. The minimum atomic E-state index is 0.763. The second-order valence-corrected chi connectivity index (χ2v) is 6.99. The Hall–Kier alpha value is -1.95. The minimum absolute atomic E-state index is 0.763. The summed E-state index contributed by atoms with van der Waals surface area (Å²) in [5.41, 5.74) is 3.26. The molecule has 1 saturated heterocycles. The predicted molar refractivity (Wildman–Crippen MR) is 98.5 cm³/mol. The molecule has 3 heterocycles. The van der Waals surface area contributed by atoms with Gasteiger partial charge in [-0.2, -0.15) is 0 Å². The summed E-state index contributed by atoms with van der Waals surface area (Å²) in [4.78, 5) is 9.44. The molecule has 0 unspecified atom stereocenters. The average Bonchev–Trinajstić information content (AvgIpc) is 3.04. The molecule has 0 amide bonds. The van der Waals surface area contributed by atoms with E-state index in [4.69, 9.17) is 16.1 Å². The van der Waals surface area contributed by atoms with E-state index in [1.54, 1.807) is 0 Å². The highest BCUT2D eigenvalue weighted by molar-refractivity contribution is 6.35. The largest absolute Gasteiger partial charge is 0.361 e. The monoisotopic (exact) mass is 356 g/mol. The number of hydrogen-bond donors (Lipinski definition) is 0. The fraction of sp³-hybridized carbons (Fsp3) is 0.368. The highest BCUT2D eigenvalue weighted by Crippen LogP contribution is 2.26. The van der Waals surface area contributed by atoms with Crippen LogP contribution in [0.25, 0.3) is 10.9 Å². The molecule has 2 aromatic heterocycles. The first-order valence-corrected chi connectivity index (χ1v) is 8.96. The summed E-state index contributed by atoms with van der Waals surface area (Å²) < 4.78 is 5.15. The summed E-state index contributed by atoms with van der Waals surface area (Å²) in [7, 11) is 0. The molecule has 130 valence electrons. The van der Waals surface area contributed by atoms with E-state index in [-0.39, 0.29) is 0 Å². The molecular weight excluding hydrogens is 336 g/mol. The van der Waals surface area contributed by atoms with E-state index in [1.165, 1.54) is 5.56 Å². The predicted octanol–water partition coefficient (Wildman–Crippen LogP) is 3.50. The van der Waals surface area contributed by atoms with Crippen LogP contribution in [0, 0.1) is 6.92 Å². The zero-order valence-corrected chi connectivity index (χ0v) is 15.0. The van der Waals surface area contributed by atoms with E-state index >= 15 is 0 Å². The first-order chi connectivity index (χ1) is 12.2. The number of hydrogen-bond acceptors (Lipinski definition) is 5. The summed E-state index contributed by atoms with van der Waals surface area (Å²) in [6.45, 7) is 7.83. The van der Waals surface area contributed by atoms with Crippen molar-refractivity contribution < 1.29 is 4.52 Å². The summed E-state index contributed by atoms with van der Waals surface area (Å²) in [6.07, 6.45) is 1.83. The number of halogens is 1. The van der Waals surface area contributed by atoms with Gasteiger partial charge in [0, 0.05) is 61.9 Å². The van der Waals surface area contributed by atoms with Crippen molar-refractivity contribution in [2.75, 3.05) is 26.2 Å². The molecule has 0 aliphatic carbocycles. The molecule has 1 aromatic carbocycles. The maximum atomic E-state index is 6.30. The van der Waals surface area contributed by atoms with Crippen LogP contribution in [-0.2, 0) is 13.1 Å². The fourth-order valence-electron chi connectivity index (χ4n) is 3.39. The van der Waals surface area contributed by atoms with Gasteiger partial charge in [0.25, 0.3) is 0 Å². The van der Waals surface area contributed by atoms with Crippen molar-refractivity contribution >= 4 is 22.5 Å². The van der Waals surface area contributed by atoms with Gasteiger partial charge in [-0.15, -0.1) is 0 Å². The van der Waals surface area contributed by atoms with Gasteiger partial charge in [-0.3, -0.25) is 14.8 Å². The molecule has 1 fully saturated rings. The summed E-state index contributed by atoms with van der Waals surface area (Å²) in [5, 5.41) is 5.88. The molecule has 6 heteroatoms. The van der Waals surface area contributed by atoms with Crippen LogP contribution in [0.15, 0.2) is 41.1 Å². The molecule has 3 aromatic rings. The lowest BCUT2D eigenvalue weighted by Gasteiger charge is -2.34. The average molecular weight is 357 g/mol. The maximum Gasteiger partial charge on any atom is 0.133 e. The van der Waals surface area contributed by atoms with Crippen molar-refractivity contribution in [2.45, 2.75) is 20.0 Å². The van der Waals surface area contributed by atoms with Gasteiger partial charge in [0.2, 0.25) is 0 Å². The molecule has 0 N–H and O–H groups in total. The molecule has 1 aliphatic rings. The van der Waals surface area contributed by atoms with Crippen LogP contribution in [0.2, 0.25) is 5.02 Å². The lowest BCUT2D eigenvalue weighted by atomic mass is 10.1. The Bertz CT molecular complexity index is 871. The van der Waals surface area contributed by atoms with E-state index in [1.807, 2.05) is 37.4 Å². The van der Waals surface area contributed by atoms with E-state index in [0.717, 1.165) is 66.6 Å². The molecule has 5 nitrogen and oxygen atoms in total. The van der Waals surface area contributed by atoms with Gasteiger partial charge in [0.05, 0.1) is 11.2 Å². The van der Waals surface area contributed by atoms with Crippen LogP contribution in [0.5, 0.6) is 0 Å². The summed E-state index contributed by atoms with van der Waals surface area (Å²) in [6, 6.07) is 10.1. The third-order valence-electron chi connectivity index (χ3n) is 4.72. The fourth-order valence-corrected chi connectivity index (χ4v) is 3.61. The van der Waals surface area contributed by atoms with Crippen molar-refractivity contribution in [3.63, 3.8) is 0 Å². The normalized spacial score (nSPS) is 16.6. The van der Waals surface area contributed by atoms with Crippen molar-refractivity contribution in [3.8, 4) is 0 Å². The topological polar surface area (TPSA) is 45.4 Å². The van der Waals surface area contributed by atoms with Crippen LogP contribution in [-0.4, -0.2) is 46.1 Å². The SMILES string of the molecule is Cc1cc(CN2CCN(Cc3ccc(Cl)c4cccnc34)CC2)no1. The Balaban J connectivity index is 1.40. The van der Waals surface area contributed by atoms with Crippen molar-refractivity contribution in [3.05, 3.63) is 58.6 Å². The van der Waals surface area contributed by atoms with Crippen LogP contribution in [0.1, 0.15) is 17.0 Å². The van der Waals surface area contributed by atoms with Gasteiger partial charge in [0.1, 0.15) is 5.76 Å². The van der Waals surface area contributed by atoms with E-state index in [2.05, 4.69) is 26.0 Å². The van der Waals surface area contributed by atoms with Crippen LogP contribution in [0.3, 0.4) is 0 Å². The molecule has 0 saturated carbocycles. The van der Waals surface area contributed by atoms with Gasteiger partial charge < -0.3 is 4.52 Å². The summed E-state index contributed by atoms with van der Waals surface area (Å²) in [5.74, 6) is 0.871. The molecule has 1 aliphatic heterocycles. The number of piperazine rings is 1. The van der Waals surface area contributed by atoms with Crippen LogP contribution in [0.4, 0.5) is 0 Å². The Morgan fingerprint density at radius 3 is 2.56 bits per heavy atom. The number of benzene rings is 1. The maximum absolute atomic E-state index is 6.30. The van der Waals surface area contributed by atoms with Gasteiger partial charge >= 0.3 is 0 Å². The Morgan fingerprint density at radius 1 is 1.08 bits per heavy atom. The van der Waals surface area contributed by atoms with E-state index in [9.17, 15) is 0 Å². The van der Waals surface area contributed by atoms with Crippen molar-refractivity contribution in [1.29, 1.82) is 0 Å². The van der Waals surface area contributed by atoms with Crippen molar-refractivity contribution in [2.24, 2.45) is 0 Å². The molecule has 0 atom stereocenters. The van der Waals surface area contributed by atoms with Crippen molar-refractivity contribution in [1.82, 2.24) is 19.9 Å². The molecular formula is C19H21ClN4O. The van der Waals surface area contributed by atoms with Gasteiger partial charge in [-0.05, 0) is 30.7 Å². The third-order valence-corrected chi connectivity index (χ3v) is 5.05. The quantitative estimate of drug-likeness (QED) is 0.716. The second kappa shape index (κ2) is 7.12. The van der Waals surface area contributed by atoms with Crippen LogP contribution >= 0.6 is 11.6 Å². The first-order valence-electron chi connectivity index (χ1n) is 8.58. The minimum Gasteiger partial charge on any atom is -0.361 e. The molecule has 0 bridgehead atoms. The molecule has 25 heavy (non-hydrogen) atoms. The smallest absolute Gasteiger partial charge is 0.133 e. The molecule has 4 rings (SSSR count). The number of aromatic nitrogens is 2. The highest BCUT2D eigenvalue weighted by Gasteiger charge is 2.19. The number of aryl methyl sites for hydroxylation is 1. The van der Waals surface area contributed by atoms with Crippen LogP contribution < -0.4 is 0 Å². The highest BCUT2D eigenvalue weighted by atomic mass is 35.5. The zero-order valence-electron chi connectivity index (χ0n) is 14.3. The number of nitrogens with zero attached hydrogens (tertiary/aromatic N) is 4.